The van der Waals surface area contributed by atoms with Crippen LogP contribution in [0.25, 0.3) is 0 Å². The Labute approximate surface area is 140 Å². The number of aromatic nitrogens is 2. The van der Waals surface area contributed by atoms with Crippen molar-refractivity contribution in [2.45, 2.75) is 31.2 Å². The quantitative estimate of drug-likeness (QED) is 0.733. The number of nitrogens with zero attached hydrogens (tertiary/aromatic N) is 3. The number of nitrogens with one attached hydrogen (secondary N) is 2. The van der Waals surface area contributed by atoms with Gasteiger partial charge in [-0.3, -0.25) is 19.3 Å². The number of likely N-dealkylation sites (N-methyl/N-ethyl adjacent to an activating group) is 1. The number of carbonyl (C=O) groups excluding carboxylic acids is 2. The van der Waals surface area contributed by atoms with Gasteiger partial charge in [-0.15, -0.1) is 0 Å². The molecule has 1 atom stereocenters. The Bertz CT molecular complexity index is 688. The third-order valence-corrected chi connectivity index (χ3v) is 5.22. The summed E-state index contributed by atoms with van der Waals surface area (Å²) >= 11 is 0. The van der Waals surface area contributed by atoms with Gasteiger partial charge >= 0.3 is 0 Å². The first-order valence-electron chi connectivity index (χ1n) is 8.27. The molecule has 1 aromatic rings. The summed E-state index contributed by atoms with van der Waals surface area (Å²) in [5, 5.41) is 2.91. The summed E-state index contributed by atoms with van der Waals surface area (Å²) in [4.78, 5) is 46.5. The second-order valence-electron chi connectivity index (χ2n) is 6.64. The van der Waals surface area contributed by atoms with E-state index in [1.165, 1.54) is 12.5 Å². The molecular weight excluding hydrogens is 310 g/mol. The Balaban J connectivity index is 1.73. The van der Waals surface area contributed by atoms with Crippen molar-refractivity contribution in [3.05, 3.63) is 28.4 Å². The molecule has 2 aliphatic heterocycles. The molecule has 0 unspecified atom stereocenters. The number of piperazine rings is 1. The van der Waals surface area contributed by atoms with Crippen LogP contribution in [0.5, 0.6) is 0 Å². The predicted molar refractivity (Wildman–Crippen MR) is 87.4 cm³/mol. The van der Waals surface area contributed by atoms with Crippen molar-refractivity contribution in [3.63, 3.8) is 0 Å². The highest BCUT2D eigenvalue weighted by atomic mass is 16.2. The second kappa shape index (κ2) is 6.72. The minimum atomic E-state index is -0.272. The second-order valence-corrected chi connectivity index (χ2v) is 6.64. The fourth-order valence-corrected chi connectivity index (χ4v) is 3.58. The Hall–Kier alpha value is -2.22. The maximum atomic E-state index is 12.6. The van der Waals surface area contributed by atoms with Gasteiger partial charge in [0.25, 0.3) is 5.56 Å². The molecule has 3 heterocycles. The zero-order valence-corrected chi connectivity index (χ0v) is 13.9. The normalized spacial score (nSPS) is 25.4. The summed E-state index contributed by atoms with van der Waals surface area (Å²) in [5.41, 5.74) is -0.0614. The Kier molecular flexibility index (Phi) is 4.66. The Morgan fingerprint density at radius 3 is 2.96 bits per heavy atom. The fourth-order valence-electron chi connectivity index (χ4n) is 3.58. The lowest BCUT2D eigenvalue weighted by molar-refractivity contribution is -0.136. The molecule has 0 bridgehead atoms. The van der Waals surface area contributed by atoms with E-state index >= 15 is 0 Å². The van der Waals surface area contributed by atoms with E-state index in [0.29, 0.717) is 31.6 Å². The Morgan fingerprint density at radius 1 is 1.33 bits per heavy atom. The third-order valence-electron chi connectivity index (χ3n) is 5.22. The van der Waals surface area contributed by atoms with Crippen molar-refractivity contribution in [2.24, 2.45) is 0 Å². The van der Waals surface area contributed by atoms with Gasteiger partial charge in [-0.1, -0.05) is 0 Å². The molecule has 2 amide bonds. The maximum absolute atomic E-state index is 12.6. The number of hydrogen-bond donors (Lipinski definition) is 2. The van der Waals surface area contributed by atoms with E-state index in [1.54, 1.807) is 0 Å². The first-order chi connectivity index (χ1) is 11.5. The van der Waals surface area contributed by atoms with Gasteiger partial charge in [0.2, 0.25) is 11.8 Å². The number of amides is 2. The Morgan fingerprint density at radius 2 is 2.17 bits per heavy atom. The topological polar surface area (TPSA) is 98.4 Å². The average molecular weight is 333 g/mol. The van der Waals surface area contributed by atoms with Crippen molar-refractivity contribution < 1.29 is 9.59 Å². The lowest BCUT2D eigenvalue weighted by Gasteiger charge is -2.49. The molecule has 0 radical (unpaired) electrons. The first kappa shape index (κ1) is 16.6. The molecule has 1 spiro atoms. The van der Waals surface area contributed by atoms with Crippen molar-refractivity contribution in [1.29, 1.82) is 0 Å². The van der Waals surface area contributed by atoms with Crippen LogP contribution in [0, 0.1) is 0 Å². The molecule has 1 aromatic heterocycles. The summed E-state index contributed by atoms with van der Waals surface area (Å²) in [5.74, 6) is 0.00938. The van der Waals surface area contributed by atoms with Crippen molar-refractivity contribution in [2.75, 3.05) is 33.2 Å². The highest BCUT2D eigenvalue weighted by Gasteiger charge is 2.42. The smallest absolute Gasteiger partial charge is 0.254 e. The lowest BCUT2D eigenvalue weighted by Crippen LogP contribution is -2.62. The van der Waals surface area contributed by atoms with Gasteiger partial charge < -0.3 is 15.2 Å². The molecule has 2 fully saturated rings. The minimum Gasteiger partial charge on any atom is -0.356 e. The number of hydrogen-bond acceptors (Lipinski definition) is 5. The van der Waals surface area contributed by atoms with E-state index in [9.17, 15) is 14.4 Å². The van der Waals surface area contributed by atoms with E-state index in [2.05, 4.69) is 27.2 Å². The van der Waals surface area contributed by atoms with Crippen LogP contribution in [0.3, 0.4) is 0 Å². The highest BCUT2D eigenvalue weighted by molar-refractivity contribution is 5.79. The monoisotopic (exact) mass is 333 g/mol. The first-order valence-corrected chi connectivity index (χ1v) is 8.27. The van der Waals surface area contributed by atoms with E-state index in [0.717, 1.165) is 19.4 Å². The number of carbonyl (C=O) groups is 2. The standard InChI is InChI=1S/C16H23N5O3/c1-20-6-7-21(10-16(20)3-2-13(22)18-5-4-16)14(23)8-12-9-17-11-19-15(12)24/h9,11H,2-8,10H2,1H3,(H,18,22)(H,17,19,24)/t16-/m1/s1. The molecule has 0 aliphatic carbocycles. The molecule has 3 rings (SSSR count). The van der Waals surface area contributed by atoms with Crippen LogP contribution in [-0.4, -0.2) is 70.3 Å². The molecular formula is C16H23N5O3. The van der Waals surface area contributed by atoms with Gasteiger partial charge in [0.05, 0.1) is 12.7 Å². The van der Waals surface area contributed by atoms with E-state index in [-0.39, 0.29) is 29.3 Å². The van der Waals surface area contributed by atoms with Crippen LogP contribution in [0.15, 0.2) is 17.3 Å². The molecule has 0 aromatic carbocycles. The number of H-pyrrole nitrogens is 1. The fraction of sp³-hybridized carbons (Fsp3) is 0.625. The largest absolute Gasteiger partial charge is 0.356 e. The maximum Gasteiger partial charge on any atom is 0.254 e. The predicted octanol–water partition coefficient (Wildman–Crippen LogP) is -0.875. The molecule has 0 saturated carbocycles. The molecule has 8 heteroatoms. The van der Waals surface area contributed by atoms with Crippen LogP contribution < -0.4 is 10.9 Å². The van der Waals surface area contributed by atoms with Crippen LogP contribution in [0.4, 0.5) is 0 Å². The molecule has 2 aliphatic rings. The van der Waals surface area contributed by atoms with E-state index in [4.69, 9.17) is 0 Å². The zero-order chi connectivity index (χ0) is 17.2. The van der Waals surface area contributed by atoms with Gasteiger partial charge in [-0.2, -0.15) is 0 Å². The molecule has 2 saturated heterocycles. The van der Waals surface area contributed by atoms with Crippen LogP contribution >= 0.6 is 0 Å². The highest BCUT2D eigenvalue weighted by Crippen LogP contribution is 2.30. The minimum absolute atomic E-state index is 0.0557. The average Bonchev–Trinajstić information content (AvgIpc) is 2.75. The van der Waals surface area contributed by atoms with Crippen molar-refractivity contribution in [3.8, 4) is 0 Å². The van der Waals surface area contributed by atoms with E-state index in [1.807, 2.05) is 4.90 Å². The van der Waals surface area contributed by atoms with Crippen LogP contribution in [-0.2, 0) is 16.0 Å². The molecule has 130 valence electrons. The third kappa shape index (κ3) is 3.33. The van der Waals surface area contributed by atoms with E-state index < -0.39 is 0 Å². The van der Waals surface area contributed by atoms with Crippen molar-refractivity contribution >= 4 is 11.8 Å². The van der Waals surface area contributed by atoms with Gasteiger partial charge in [0, 0.05) is 49.9 Å². The van der Waals surface area contributed by atoms with Crippen LogP contribution in [0.1, 0.15) is 24.8 Å². The lowest BCUT2D eigenvalue weighted by atomic mass is 9.86. The summed E-state index contributed by atoms with van der Waals surface area (Å²) < 4.78 is 0. The zero-order valence-electron chi connectivity index (χ0n) is 13.9. The van der Waals surface area contributed by atoms with Gasteiger partial charge in [-0.25, -0.2) is 4.98 Å². The summed E-state index contributed by atoms with van der Waals surface area (Å²) in [7, 11) is 2.06. The van der Waals surface area contributed by atoms with Crippen molar-refractivity contribution in [1.82, 2.24) is 25.1 Å². The number of rotatable bonds is 2. The SMILES string of the molecule is CN1CCN(C(=O)Cc2cnc[nH]c2=O)C[C@@]12CCNC(=O)CC2. The summed E-state index contributed by atoms with van der Waals surface area (Å²) in [6.07, 6.45) is 4.86. The molecule has 8 nitrogen and oxygen atoms in total. The number of aromatic amines is 1. The summed E-state index contributed by atoms with van der Waals surface area (Å²) in [6, 6.07) is 0. The van der Waals surface area contributed by atoms with Gasteiger partial charge in [-0.05, 0) is 19.9 Å². The molecule has 24 heavy (non-hydrogen) atoms. The van der Waals surface area contributed by atoms with Crippen LogP contribution in [0.2, 0.25) is 0 Å². The van der Waals surface area contributed by atoms with Gasteiger partial charge in [0.1, 0.15) is 0 Å². The molecule has 2 N–H and O–H groups in total. The van der Waals surface area contributed by atoms with Gasteiger partial charge in [0.15, 0.2) is 0 Å². The summed E-state index contributed by atoms with van der Waals surface area (Å²) in [6.45, 7) is 2.63.